The van der Waals surface area contributed by atoms with Crippen molar-refractivity contribution in [3.05, 3.63) is 18.0 Å². The van der Waals surface area contributed by atoms with Crippen molar-refractivity contribution < 1.29 is 0 Å². The van der Waals surface area contributed by atoms with Crippen molar-refractivity contribution in [1.29, 1.82) is 0 Å². The van der Waals surface area contributed by atoms with Gasteiger partial charge in [-0.15, -0.1) is 0 Å². The molecule has 1 aromatic heterocycles. The molecule has 1 atom stereocenters. The van der Waals surface area contributed by atoms with Crippen LogP contribution in [0.3, 0.4) is 0 Å². The van der Waals surface area contributed by atoms with Crippen LogP contribution in [0.1, 0.15) is 38.9 Å². The van der Waals surface area contributed by atoms with Crippen LogP contribution < -0.4 is 5.73 Å². The highest BCUT2D eigenvalue weighted by atomic mass is 15.3. The van der Waals surface area contributed by atoms with E-state index < -0.39 is 0 Å². The summed E-state index contributed by atoms with van der Waals surface area (Å²) in [7, 11) is 1.91. The van der Waals surface area contributed by atoms with Gasteiger partial charge >= 0.3 is 0 Å². The number of hydrogen-bond acceptors (Lipinski definition) is 2. The summed E-state index contributed by atoms with van der Waals surface area (Å²) in [6, 6.07) is 2.04. The molecule has 0 fully saturated rings. The molecule has 3 heteroatoms. The van der Waals surface area contributed by atoms with E-state index >= 15 is 0 Å². The van der Waals surface area contributed by atoms with E-state index in [0.29, 0.717) is 0 Å². The van der Waals surface area contributed by atoms with Gasteiger partial charge in [0.2, 0.25) is 0 Å². The van der Waals surface area contributed by atoms with Crippen LogP contribution in [0.4, 0.5) is 0 Å². The smallest absolute Gasteiger partial charge is 0.0791 e. The van der Waals surface area contributed by atoms with Crippen LogP contribution in [0.5, 0.6) is 0 Å². The predicted molar refractivity (Wildman–Crippen MR) is 54.2 cm³/mol. The number of hydrogen-bond donors (Lipinski definition) is 1. The summed E-state index contributed by atoms with van der Waals surface area (Å²) >= 11 is 0. The lowest BCUT2D eigenvalue weighted by atomic mass is 9.87. The molecule has 3 nitrogen and oxygen atoms in total. The van der Waals surface area contributed by atoms with Gasteiger partial charge in [-0.3, -0.25) is 4.68 Å². The van der Waals surface area contributed by atoms with Gasteiger partial charge in [0, 0.05) is 19.3 Å². The van der Waals surface area contributed by atoms with E-state index in [4.69, 9.17) is 5.73 Å². The van der Waals surface area contributed by atoms with E-state index in [2.05, 4.69) is 25.9 Å². The maximum absolute atomic E-state index is 6.02. The third-order valence-corrected chi connectivity index (χ3v) is 1.95. The lowest BCUT2D eigenvalue weighted by Gasteiger charge is -2.21. The maximum Gasteiger partial charge on any atom is 0.0791 e. The van der Waals surface area contributed by atoms with E-state index in [0.717, 1.165) is 12.1 Å². The Hall–Kier alpha value is -0.830. The van der Waals surface area contributed by atoms with Gasteiger partial charge in [-0.2, -0.15) is 5.10 Å². The molecule has 1 rings (SSSR count). The molecule has 0 saturated heterocycles. The van der Waals surface area contributed by atoms with Crippen LogP contribution in [-0.2, 0) is 7.05 Å². The van der Waals surface area contributed by atoms with Crippen LogP contribution in [0.25, 0.3) is 0 Å². The van der Waals surface area contributed by atoms with Gasteiger partial charge < -0.3 is 5.73 Å². The Morgan fingerprint density at radius 1 is 1.54 bits per heavy atom. The van der Waals surface area contributed by atoms with E-state index in [1.165, 1.54) is 0 Å². The molecular formula is C10H19N3. The zero-order chi connectivity index (χ0) is 10.1. The van der Waals surface area contributed by atoms with Gasteiger partial charge in [0.25, 0.3) is 0 Å². The molecule has 13 heavy (non-hydrogen) atoms. The van der Waals surface area contributed by atoms with Crippen LogP contribution in [0.2, 0.25) is 0 Å². The van der Waals surface area contributed by atoms with Crippen molar-refractivity contribution in [3.63, 3.8) is 0 Å². The summed E-state index contributed by atoms with van der Waals surface area (Å²) in [5.41, 5.74) is 7.26. The molecular weight excluding hydrogens is 162 g/mol. The minimum atomic E-state index is 0.0567. The quantitative estimate of drug-likeness (QED) is 0.756. The Labute approximate surface area is 79.9 Å². The molecule has 0 radical (unpaired) electrons. The molecule has 0 aliphatic heterocycles. The number of aryl methyl sites for hydroxylation is 1. The van der Waals surface area contributed by atoms with Crippen molar-refractivity contribution in [3.8, 4) is 0 Å². The number of aromatic nitrogens is 2. The SMILES string of the molecule is Cn1ccc(C(N)CC(C)(C)C)n1. The second kappa shape index (κ2) is 3.50. The molecule has 0 spiro atoms. The Bertz CT molecular complexity index is 270. The molecule has 1 heterocycles. The second-order valence-electron chi connectivity index (χ2n) is 4.79. The molecule has 0 aliphatic rings. The molecule has 0 aliphatic carbocycles. The van der Waals surface area contributed by atoms with E-state index in [1.54, 1.807) is 4.68 Å². The number of rotatable bonds is 2. The fourth-order valence-electron chi connectivity index (χ4n) is 1.40. The average molecular weight is 181 g/mol. The molecule has 0 amide bonds. The van der Waals surface area contributed by atoms with Gasteiger partial charge in [0.05, 0.1) is 5.69 Å². The second-order valence-corrected chi connectivity index (χ2v) is 4.79. The summed E-state index contributed by atoms with van der Waals surface area (Å²) in [4.78, 5) is 0. The summed E-state index contributed by atoms with van der Waals surface area (Å²) < 4.78 is 1.79. The van der Waals surface area contributed by atoms with Gasteiger partial charge in [-0.25, -0.2) is 0 Å². The zero-order valence-electron chi connectivity index (χ0n) is 8.91. The Morgan fingerprint density at radius 2 is 2.15 bits per heavy atom. The van der Waals surface area contributed by atoms with Crippen molar-refractivity contribution >= 4 is 0 Å². The van der Waals surface area contributed by atoms with Crippen molar-refractivity contribution in [2.45, 2.75) is 33.2 Å². The number of nitrogens with two attached hydrogens (primary N) is 1. The first kappa shape index (κ1) is 10.3. The third kappa shape index (κ3) is 3.19. The fourth-order valence-corrected chi connectivity index (χ4v) is 1.40. The monoisotopic (exact) mass is 181 g/mol. The standard InChI is InChI=1S/C10H19N3/c1-10(2,3)7-8(11)9-5-6-13(4)12-9/h5-6,8H,7,11H2,1-4H3. The minimum absolute atomic E-state index is 0.0567. The molecule has 0 bridgehead atoms. The molecule has 1 aromatic rings. The zero-order valence-corrected chi connectivity index (χ0v) is 8.91. The van der Waals surface area contributed by atoms with Crippen molar-refractivity contribution in [1.82, 2.24) is 9.78 Å². The van der Waals surface area contributed by atoms with E-state index in [1.807, 2.05) is 19.3 Å². The third-order valence-electron chi connectivity index (χ3n) is 1.95. The number of nitrogens with zero attached hydrogens (tertiary/aromatic N) is 2. The first-order valence-corrected chi connectivity index (χ1v) is 4.63. The van der Waals surface area contributed by atoms with Crippen LogP contribution in [-0.4, -0.2) is 9.78 Å². The van der Waals surface area contributed by atoms with E-state index in [9.17, 15) is 0 Å². The molecule has 2 N–H and O–H groups in total. The van der Waals surface area contributed by atoms with Gasteiger partial charge in [0.15, 0.2) is 0 Å². The normalized spacial score (nSPS) is 14.5. The van der Waals surface area contributed by atoms with E-state index in [-0.39, 0.29) is 11.5 Å². The Morgan fingerprint density at radius 3 is 2.54 bits per heavy atom. The lowest BCUT2D eigenvalue weighted by molar-refractivity contribution is 0.339. The summed E-state index contributed by atoms with van der Waals surface area (Å²) in [6.07, 6.45) is 2.89. The van der Waals surface area contributed by atoms with Gasteiger partial charge in [-0.05, 0) is 17.9 Å². The molecule has 0 aromatic carbocycles. The highest BCUT2D eigenvalue weighted by Crippen LogP contribution is 2.26. The largest absolute Gasteiger partial charge is 0.323 e. The van der Waals surface area contributed by atoms with Gasteiger partial charge in [-0.1, -0.05) is 20.8 Å². The van der Waals surface area contributed by atoms with Crippen LogP contribution >= 0.6 is 0 Å². The summed E-state index contributed by atoms with van der Waals surface area (Å²) in [5, 5.41) is 4.29. The first-order chi connectivity index (χ1) is 5.88. The predicted octanol–water partition coefficient (Wildman–Crippen LogP) is 1.86. The lowest BCUT2D eigenvalue weighted by Crippen LogP contribution is -2.19. The topological polar surface area (TPSA) is 43.8 Å². The van der Waals surface area contributed by atoms with Crippen LogP contribution in [0, 0.1) is 5.41 Å². The van der Waals surface area contributed by atoms with Crippen molar-refractivity contribution in [2.75, 3.05) is 0 Å². The maximum atomic E-state index is 6.02. The molecule has 0 saturated carbocycles. The minimum Gasteiger partial charge on any atom is -0.323 e. The average Bonchev–Trinajstić information content (AvgIpc) is 2.31. The van der Waals surface area contributed by atoms with Crippen molar-refractivity contribution in [2.24, 2.45) is 18.2 Å². The summed E-state index contributed by atoms with van der Waals surface area (Å²) in [6.45, 7) is 6.57. The van der Waals surface area contributed by atoms with Crippen LogP contribution in [0.15, 0.2) is 12.3 Å². The summed E-state index contributed by atoms with van der Waals surface area (Å²) in [5.74, 6) is 0. The highest BCUT2D eigenvalue weighted by molar-refractivity contribution is 5.04. The Kier molecular flexibility index (Phi) is 2.76. The first-order valence-electron chi connectivity index (χ1n) is 4.63. The molecule has 1 unspecified atom stereocenters. The Balaban J connectivity index is 2.64. The van der Waals surface area contributed by atoms with Gasteiger partial charge in [0.1, 0.15) is 0 Å². The molecule has 74 valence electrons. The fraction of sp³-hybridized carbons (Fsp3) is 0.700. The highest BCUT2D eigenvalue weighted by Gasteiger charge is 2.18.